The molecular formula is C30H39Cl4N11O2. The number of hydrogen-bond donors (Lipinski definition) is 12. The monoisotopic (exact) mass is 725 g/mol. The van der Waals surface area contributed by atoms with Gasteiger partial charge in [0.2, 0.25) is 5.91 Å². The number of nitrogens with one attached hydrogen (secondary N) is 10. The Labute approximate surface area is 293 Å². The summed E-state index contributed by atoms with van der Waals surface area (Å²) in [5, 5.41) is 58.8. The predicted octanol–water partition coefficient (Wildman–Crippen LogP) is 5.93. The Morgan fingerprint density at radius 2 is 0.915 bits per heavy atom. The lowest BCUT2D eigenvalue weighted by molar-refractivity contribution is -0.115. The van der Waals surface area contributed by atoms with Gasteiger partial charge in [0.25, 0.3) is 0 Å². The van der Waals surface area contributed by atoms with Crippen molar-refractivity contribution in [3.8, 4) is 5.75 Å². The molecule has 1 amide bonds. The molecule has 3 rings (SSSR count). The Balaban J connectivity index is 0.000000703. The number of phenols is 1. The number of hydrogen-bond acceptors (Lipinski definition) is 6. The number of phenolic OH excluding ortho intramolecular Hbond substituents is 1. The van der Waals surface area contributed by atoms with Crippen molar-refractivity contribution in [2.45, 2.75) is 25.7 Å². The fourth-order valence-corrected chi connectivity index (χ4v) is 3.61. The van der Waals surface area contributed by atoms with Crippen LogP contribution in [0.15, 0.2) is 72.8 Å². The number of aromatic hydroxyl groups is 1. The second-order valence-electron chi connectivity index (χ2n) is 9.36. The molecule has 3 aromatic carbocycles. The summed E-state index contributed by atoms with van der Waals surface area (Å²) in [5.41, 5.74) is 5.94. The average Bonchev–Trinajstić information content (AvgIpc) is 3.02. The number of halogens is 4. The van der Waals surface area contributed by atoms with Crippen LogP contribution in [0.5, 0.6) is 5.75 Å². The molecule has 13 nitrogen and oxygen atoms in total. The predicted molar refractivity (Wildman–Crippen MR) is 195 cm³/mol. The van der Waals surface area contributed by atoms with Crippen LogP contribution >= 0.6 is 46.4 Å². The molecule has 254 valence electrons. The largest absolute Gasteiger partial charge is 0.508 e. The molecule has 0 aliphatic carbocycles. The Morgan fingerprint density at radius 3 is 1.21 bits per heavy atom. The number of carbonyl (C=O) groups is 1. The van der Waals surface area contributed by atoms with Gasteiger partial charge < -0.3 is 32.1 Å². The van der Waals surface area contributed by atoms with Crippen molar-refractivity contribution in [3.63, 3.8) is 0 Å². The van der Waals surface area contributed by atoms with Gasteiger partial charge in [0.1, 0.15) is 11.6 Å². The highest BCUT2D eigenvalue weighted by Gasteiger charge is 2.03. The highest BCUT2D eigenvalue weighted by Crippen LogP contribution is 2.14. The number of benzene rings is 3. The van der Waals surface area contributed by atoms with E-state index in [2.05, 4.69) is 37.6 Å². The summed E-state index contributed by atoms with van der Waals surface area (Å²) in [6.07, 6.45) is 3.70. The van der Waals surface area contributed by atoms with Crippen LogP contribution in [0.2, 0.25) is 15.1 Å². The molecule has 0 spiro atoms. The van der Waals surface area contributed by atoms with E-state index in [0.29, 0.717) is 39.5 Å². The maximum atomic E-state index is 9.46. The summed E-state index contributed by atoms with van der Waals surface area (Å²) in [7, 11) is 0. The van der Waals surface area contributed by atoms with E-state index >= 15 is 0 Å². The first-order valence-corrected chi connectivity index (χ1v) is 15.7. The van der Waals surface area contributed by atoms with Gasteiger partial charge in [-0.05, 0) is 85.6 Å². The van der Waals surface area contributed by atoms with E-state index in [1.807, 2.05) is 0 Å². The van der Waals surface area contributed by atoms with Gasteiger partial charge in [-0.3, -0.25) is 37.1 Å². The summed E-state index contributed by atoms with van der Waals surface area (Å²) in [4.78, 5) is 9.46. The van der Waals surface area contributed by atoms with Gasteiger partial charge in [-0.15, -0.1) is 11.6 Å². The number of amides is 1. The van der Waals surface area contributed by atoms with Crippen LogP contribution in [0.1, 0.15) is 25.7 Å². The highest BCUT2D eigenvalue weighted by atomic mass is 35.5. The van der Waals surface area contributed by atoms with Gasteiger partial charge in [0.15, 0.2) is 23.8 Å². The number of guanidine groups is 4. The van der Waals surface area contributed by atoms with Crippen LogP contribution in [0.25, 0.3) is 0 Å². The molecule has 0 saturated heterocycles. The molecule has 3 aromatic rings. The zero-order valence-corrected chi connectivity index (χ0v) is 28.3. The fraction of sp³-hybridized carbons (Fsp3) is 0.233. The minimum absolute atomic E-state index is 0.00148. The molecule has 0 radical (unpaired) electrons. The molecule has 0 atom stereocenters. The third kappa shape index (κ3) is 21.9. The first-order valence-electron chi connectivity index (χ1n) is 14.1. The zero-order chi connectivity index (χ0) is 35.0. The molecule has 0 bridgehead atoms. The second-order valence-corrected chi connectivity index (χ2v) is 10.9. The topological polar surface area (TPSA) is 231 Å². The number of nitrogens with two attached hydrogens (primary N) is 1. The average molecular weight is 728 g/mol. The van der Waals surface area contributed by atoms with Crippen molar-refractivity contribution in [3.05, 3.63) is 87.9 Å². The van der Waals surface area contributed by atoms with E-state index < -0.39 is 5.91 Å². The maximum absolute atomic E-state index is 9.46. The van der Waals surface area contributed by atoms with Crippen LogP contribution < -0.4 is 37.6 Å². The lowest BCUT2D eigenvalue weighted by atomic mass is 10.2. The number of carbonyl (C=O) groups excluding carboxylic acids is 1. The minimum Gasteiger partial charge on any atom is -0.508 e. The molecule has 0 fully saturated rings. The molecule has 47 heavy (non-hydrogen) atoms. The number of anilines is 2. The molecule has 13 N–H and O–H groups in total. The lowest BCUT2D eigenvalue weighted by Crippen LogP contribution is -2.43. The van der Waals surface area contributed by atoms with E-state index in [-0.39, 0.29) is 35.5 Å². The van der Waals surface area contributed by atoms with Crippen molar-refractivity contribution < 1.29 is 9.90 Å². The Bertz CT molecular complexity index is 1310. The molecule has 0 saturated carbocycles. The number of unbranched alkanes of at least 4 members (excludes halogenated alkanes) is 3. The SMILES string of the molecule is N=C(NCCCCCCNC(=N)NC(=N)Nc1ccc(Cl)cc1)NC(=N)Nc1ccc(Cl)cc1.NC(=O)CCl.Oc1ccc(Cl)cc1. The van der Waals surface area contributed by atoms with Crippen molar-refractivity contribution in [1.29, 1.82) is 21.6 Å². The summed E-state index contributed by atoms with van der Waals surface area (Å²) in [6, 6.07) is 20.3. The summed E-state index contributed by atoms with van der Waals surface area (Å²) < 4.78 is 0. The molecule has 0 aliphatic rings. The number of primary amides is 1. The smallest absolute Gasteiger partial charge is 0.232 e. The number of rotatable bonds is 10. The normalized spacial score (nSPS) is 9.62. The first kappa shape index (κ1) is 40.6. The third-order valence-corrected chi connectivity index (χ3v) is 6.41. The number of alkyl halides is 1. The zero-order valence-electron chi connectivity index (χ0n) is 25.3. The molecular weight excluding hydrogens is 688 g/mol. The van der Waals surface area contributed by atoms with E-state index in [0.717, 1.165) is 25.7 Å². The van der Waals surface area contributed by atoms with Crippen LogP contribution in [0, 0.1) is 21.6 Å². The molecule has 0 aliphatic heterocycles. The highest BCUT2D eigenvalue weighted by molar-refractivity contribution is 6.31. The fourth-order valence-electron chi connectivity index (χ4n) is 3.23. The van der Waals surface area contributed by atoms with E-state index in [1.165, 1.54) is 0 Å². The van der Waals surface area contributed by atoms with Crippen molar-refractivity contribution >= 4 is 87.5 Å². The van der Waals surface area contributed by atoms with Gasteiger partial charge in [0.05, 0.1) is 0 Å². The van der Waals surface area contributed by atoms with Crippen LogP contribution in [0.4, 0.5) is 11.4 Å². The van der Waals surface area contributed by atoms with E-state index in [9.17, 15) is 4.79 Å². The standard InChI is InChI=1S/C22H30Cl2N10.C6H5ClO.C2H4ClNO/c23-15-5-9-17(10-6-15)31-21(27)33-19(25)29-13-3-1-2-4-14-30-20(26)34-22(28)32-18-11-7-16(24)8-12-18;7-5-1-3-6(8)4-2-5;3-1-2(4)5/h5-12H,1-4,13-14H2,(H5,25,27,29,31,33)(H5,26,28,30,32,34);1-4,8H;1H2,(H2,4,5). The Hall–Kier alpha value is -4.43. The summed E-state index contributed by atoms with van der Waals surface area (Å²) in [6.45, 7) is 1.25. The van der Waals surface area contributed by atoms with Crippen molar-refractivity contribution in [2.75, 3.05) is 29.6 Å². The van der Waals surface area contributed by atoms with Crippen molar-refractivity contribution in [1.82, 2.24) is 21.3 Å². The van der Waals surface area contributed by atoms with Gasteiger partial charge in [-0.2, -0.15) is 0 Å². The maximum Gasteiger partial charge on any atom is 0.232 e. The Kier molecular flexibility index (Phi) is 20.6. The quantitative estimate of drug-likeness (QED) is 0.0517. The van der Waals surface area contributed by atoms with Gasteiger partial charge in [-0.1, -0.05) is 47.6 Å². The third-order valence-electron chi connectivity index (χ3n) is 5.39. The minimum atomic E-state index is -0.480. The van der Waals surface area contributed by atoms with Crippen LogP contribution in [-0.4, -0.2) is 53.8 Å². The van der Waals surface area contributed by atoms with Crippen molar-refractivity contribution in [2.24, 2.45) is 5.73 Å². The van der Waals surface area contributed by atoms with E-state index in [1.54, 1.807) is 72.8 Å². The molecule has 17 heteroatoms. The molecule has 0 unspecified atom stereocenters. The second kappa shape index (κ2) is 23.8. The molecule has 0 aromatic heterocycles. The lowest BCUT2D eigenvalue weighted by Gasteiger charge is -2.13. The summed E-state index contributed by atoms with van der Waals surface area (Å²) >= 11 is 22.0. The first-order chi connectivity index (χ1) is 22.4. The van der Waals surface area contributed by atoms with Gasteiger partial charge in [-0.25, -0.2) is 0 Å². The summed E-state index contributed by atoms with van der Waals surface area (Å²) in [5.74, 6) is -0.206. The molecule has 0 heterocycles. The van der Waals surface area contributed by atoms with Crippen LogP contribution in [0.3, 0.4) is 0 Å². The van der Waals surface area contributed by atoms with Crippen LogP contribution in [-0.2, 0) is 4.79 Å². The Morgan fingerprint density at radius 1 is 0.596 bits per heavy atom. The van der Waals surface area contributed by atoms with Gasteiger partial charge in [0, 0.05) is 39.5 Å². The van der Waals surface area contributed by atoms with Gasteiger partial charge >= 0.3 is 0 Å². The van der Waals surface area contributed by atoms with E-state index in [4.69, 9.17) is 73.1 Å².